The highest BCUT2D eigenvalue weighted by Crippen LogP contribution is 2.19. The lowest BCUT2D eigenvalue weighted by molar-refractivity contribution is 0.660. The first-order valence-corrected chi connectivity index (χ1v) is 7.21. The lowest BCUT2D eigenvalue weighted by atomic mass is 10.2. The second-order valence-electron chi connectivity index (χ2n) is 5.04. The second-order valence-corrected chi connectivity index (χ2v) is 5.30. The third kappa shape index (κ3) is 2.43. The first-order chi connectivity index (χ1) is 9.67. The van der Waals surface area contributed by atoms with Crippen molar-refractivity contribution >= 4 is 22.6 Å². The quantitative estimate of drug-likeness (QED) is 0.692. The summed E-state index contributed by atoms with van der Waals surface area (Å²) in [6.07, 6.45) is 2.84. The number of hydrogen-bond donors (Lipinski definition) is 0. The maximum absolute atomic E-state index is 6.03. The average molecular weight is 289 g/mol. The van der Waals surface area contributed by atoms with E-state index in [9.17, 15) is 0 Å². The monoisotopic (exact) mass is 288 g/mol. The number of imidazole rings is 1. The molecular weight excluding hydrogens is 272 g/mol. The van der Waals surface area contributed by atoms with Crippen LogP contribution in [-0.4, -0.2) is 19.3 Å². The van der Waals surface area contributed by atoms with Gasteiger partial charge in [-0.25, -0.2) is 4.98 Å². The summed E-state index contributed by atoms with van der Waals surface area (Å²) in [5.41, 5.74) is 4.46. The summed E-state index contributed by atoms with van der Waals surface area (Å²) < 4.78 is 4.02. The maximum atomic E-state index is 6.03. The van der Waals surface area contributed by atoms with Crippen LogP contribution >= 0.6 is 11.6 Å². The van der Waals surface area contributed by atoms with Crippen molar-refractivity contribution in [2.75, 3.05) is 0 Å². The van der Waals surface area contributed by atoms with Crippen molar-refractivity contribution in [3.63, 3.8) is 0 Å². The van der Waals surface area contributed by atoms with E-state index in [1.54, 1.807) is 0 Å². The number of benzene rings is 1. The van der Waals surface area contributed by atoms with Crippen LogP contribution in [-0.2, 0) is 25.9 Å². The zero-order valence-electron chi connectivity index (χ0n) is 11.7. The molecule has 3 rings (SSSR count). The standard InChI is InChI=1S/C15H17ClN4/c1-11-3-4-14-13(9-11)17-15(10-16)20(14)8-6-12-5-7-19(2)18-12/h3-5,7,9H,6,8,10H2,1-2H3. The molecule has 0 saturated heterocycles. The van der Waals surface area contributed by atoms with Crippen LogP contribution in [0.4, 0.5) is 0 Å². The van der Waals surface area contributed by atoms with Crippen molar-refractivity contribution in [2.24, 2.45) is 7.05 Å². The molecule has 0 spiro atoms. The summed E-state index contributed by atoms with van der Waals surface area (Å²) >= 11 is 6.03. The molecule has 0 bridgehead atoms. The van der Waals surface area contributed by atoms with E-state index >= 15 is 0 Å². The Hall–Kier alpha value is -1.81. The summed E-state index contributed by atoms with van der Waals surface area (Å²) in [6.45, 7) is 2.92. The number of fused-ring (bicyclic) bond motifs is 1. The van der Waals surface area contributed by atoms with E-state index < -0.39 is 0 Å². The van der Waals surface area contributed by atoms with Crippen LogP contribution in [0.1, 0.15) is 17.1 Å². The molecule has 0 amide bonds. The molecular formula is C15H17ClN4. The topological polar surface area (TPSA) is 35.6 Å². The third-order valence-corrected chi connectivity index (χ3v) is 3.70. The molecule has 0 N–H and O–H groups in total. The van der Waals surface area contributed by atoms with Crippen LogP contribution in [0.2, 0.25) is 0 Å². The number of hydrogen-bond acceptors (Lipinski definition) is 2. The fraction of sp³-hybridized carbons (Fsp3) is 0.333. The highest BCUT2D eigenvalue weighted by molar-refractivity contribution is 6.16. The Morgan fingerprint density at radius 1 is 1.25 bits per heavy atom. The van der Waals surface area contributed by atoms with Gasteiger partial charge in [-0.2, -0.15) is 5.10 Å². The van der Waals surface area contributed by atoms with Gasteiger partial charge in [0, 0.05) is 26.2 Å². The van der Waals surface area contributed by atoms with Gasteiger partial charge in [0.25, 0.3) is 0 Å². The Bertz CT molecular complexity index is 741. The molecule has 1 aromatic carbocycles. The zero-order chi connectivity index (χ0) is 14.1. The molecule has 0 radical (unpaired) electrons. The largest absolute Gasteiger partial charge is 0.327 e. The molecule has 0 aliphatic heterocycles. The molecule has 104 valence electrons. The number of aromatic nitrogens is 4. The molecule has 0 saturated carbocycles. The molecule has 3 aromatic rings. The third-order valence-electron chi connectivity index (χ3n) is 3.46. The molecule has 2 aromatic heterocycles. The normalized spacial score (nSPS) is 11.3. The first kappa shape index (κ1) is 13.2. The van der Waals surface area contributed by atoms with E-state index in [2.05, 4.69) is 39.8 Å². The van der Waals surface area contributed by atoms with E-state index in [0.29, 0.717) is 5.88 Å². The van der Waals surface area contributed by atoms with Gasteiger partial charge >= 0.3 is 0 Å². The van der Waals surface area contributed by atoms with Crippen LogP contribution < -0.4 is 0 Å². The van der Waals surface area contributed by atoms with E-state index in [1.807, 2.05) is 24.0 Å². The van der Waals surface area contributed by atoms with Gasteiger partial charge in [0.1, 0.15) is 5.82 Å². The Balaban J connectivity index is 1.93. The predicted octanol–water partition coefficient (Wildman–Crippen LogP) is 3.06. The molecule has 4 nitrogen and oxygen atoms in total. The van der Waals surface area contributed by atoms with Gasteiger partial charge in [-0.15, -0.1) is 11.6 Å². The fourth-order valence-corrected chi connectivity index (χ4v) is 2.67. The molecule has 2 heterocycles. The summed E-state index contributed by atoms with van der Waals surface area (Å²) in [4.78, 5) is 4.61. The van der Waals surface area contributed by atoms with Gasteiger partial charge in [-0.1, -0.05) is 6.07 Å². The van der Waals surface area contributed by atoms with E-state index in [1.165, 1.54) is 5.56 Å². The SMILES string of the molecule is Cc1ccc2c(c1)nc(CCl)n2CCc1ccn(C)n1. The Morgan fingerprint density at radius 2 is 2.10 bits per heavy atom. The van der Waals surface area contributed by atoms with Crippen molar-refractivity contribution in [2.45, 2.75) is 25.8 Å². The van der Waals surface area contributed by atoms with E-state index in [-0.39, 0.29) is 0 Å². The first-order valence-electron chi connectivity index (χ1n) is 6.67. The van der Waals surface area contributed by atoms with Crippen LogP contribution in [0.15, 0.2) is 30.5 Å². The average Bonchev–Trinajstić information content (AvgIpc) is 2.99. The lowest BCUT2D eigenvalue weighted by Gasteiger charge is -2.06. The zero-order valence-corrected chi connectivity index (χ0v) is 12.4. The lowest BCUT2D eigenvalue weighted by Crippen LogP contribution is -2.05. The number of alkyl halides is 1. The van der Waals surface area contributed by atoms with E-state index in [0.717, 1.165) is 35.5 Å². The van der Waals surface area contributed by atoms with Crippen molar-refractivity contribution < 1.29 is 0 Å². The van der Waals surface area contributed by atoms with Gasteiger partial charge in [0.05, 0.1) is 22.6 Å². The molecule has 0 atom stereocenters. The molecule has 0 aliphatic carbocycles. The Morgan fingerprint density at radius 3 is 2.80 bits per heavy atom. The number of rotatable bonds is 4. The minimum absolute atomic E-state index is 0.427. The molecule has 20 heavy (non-hydrogen) atoms. The van der Waals surface area contributed by atoms with Crippen LogP contribution in [0.3, 0.4) is 0 Å². The van der Waals surface area contributed by atoms with Gasteiger partial charge in [0.2, 0.25) is 0 Å². The van der Waals surface area contributed by atoms with Gasteiger partial charge in [-0.05, 0) is 30.7 Å². The van der Waals surface area contributed by atoms with Gasteiger partial charge in [-0.3, -0.25) is 4.68 Å². The second kappa shape index (κ2) is 5.29. The number of halogens is 1. The summed E-state index contributed by atoms with van der Waals surface area (Å²) in [7, 11) is 1.93. The van der Waals surface area contributed by atoms with Crippen LogP contribution in [0, 0.1) is 6.92 Å². The number of nitrogens with zero attached hydrogens (tertiary/aromatic N) is 4. The molecule has 0 unspecified atom stereocenters. The van der Waals surface area contributed by atoms with Gasteiger partial charge in [0.15, 0.2) is 0 Å². The highest BCUT2D eigenvalue weighted by Gasteiger charge is 2.10. The van der Waals surface area contributed by atoms with Gasteiger partial charge < -0.3 is 4.57 Å². The minimum atomic E-state index is 0.427. The summed E-state index contributed by atoms with van der Waals surface area (Å²) in [5, 5.41) is 4.41. The van der Waals surface area contributed by atoms with Crippen molar-refractivity contribution in [3.05, 3.63) is 47.5 Å². The van der Waals surface area contributed by atoms with Crippen molar-refractivity contribution in [1.29, 1.82) is 0 Å². The summed E-state index contributed by atoms with van der Waals surface area (Å²) in [5.74, 6) is 1.35. The minimum Gasteiger partial charge on any atom is -0.327 e. The highest BCUT2D eigenvalue weighted by atomic mass is 35.5. The molecule has 0 aliphatic rings. The Labute approximate surface area is 123 Å². The molecule has 0 fully saturated rings. The Kier molecular flexibility index (Phi) is 3.49. The van der Waals surface area contributed by atoms with Crippen molar-refractivity contribution in [1.82, 2.24) is 19.3 Å². The van der Waals surface area contributed by atoms with Crippen LogP contribution in [0.25, 0.3) is 11.0 Å². The predicted molar refractivity (Wildman–Crippen MR) is 80.9 cm³/mol. The maximum Gasteiger partial charge on any atom is 0.124 e. The summed E-state index contributed by atoms with van der Waals surface area (Å²) in [6, 6.07) is 8.37. The smallest absolute Gasteiger partial charge is 0.124 e. The fourth-order valence-electron chi connectivity index (χ4n) is 2.46. The number of aryl methyl sites for hydroxylation is 4. The van der Waals surface area contributed by atoms with Crippen molar-refractivity contribution in [3.8, 4) is 0 Å². The molecule has 5 heteroatoms. The van der Waals surface area contributed by atoms with E-state index in [4.69, 9.17) is 11.6 Å². The van der Waals surface area contributed by atoms with Crippen LogP contribution in [0.5, 0.6) is 0 Å².